The van der Waals surface area contributed by atoms with E-state index in [-0.39, 0.29) is 16.5 Å². The zero-order valence-electron chi connectivity index (χ0n) is 15.2. The van der Waals surface area contributed by atoms with Crippen LogP contribution in [0.3, 0.4) is 0 Å². The minimum absolute atomic E-state index is 0.0364. The molecule has 26 heavy (non-hydrogen) atoms. The number of thiazole rings is 1. The number of fused-ring (bicyclic) bond motifs is 1. The number of methoxy groups -OCH3 is 1. The molecule has 2 heterocycles. The van der Waals surface area contributed by atoms with E-state index in [1.165, 1.54) is 21.9 Å². The van der Waals surface area contributed by atoms with E-state index in [0.29, 0.717) is 22.9 Å². The molecule has 2 aromatic heterocycles. The van der Waals surface area contributed by atoms with Crippen LogP contribution in [0.1, 0.15) is 31.1 Å². The average molecular weight is 371 g/mol. The smallest absolute Gasteiger partial charge is 0.271 e. The van der Waals surface area contributed by atoms with Crippen molar-refractivity contribution in [2.75, 3.05) is 13.7 Å². The van der Waals surface area contributed by atoms with Crippen molar-refractivity contribution in [3.05, 3.63) is 51.8 Å². The normalized spacial score (nSPS) is 11.5. The number of amides is 1. The van der Waals surface area contributed by atoms with Crippen LogP contribution in [0.15, 0.2) is 40.6 Å². The van der Waals surface area contributed by atoms with Crippen molar-refractivity contribution in [2.45, 2.75) is 20.8 Å². The third-order valence-electron chi connectivity index (χ3n) is 3.84. The Kier molecular flexibility index (Phi) is 4.82. The first-order valence-electron chi connectivity index (χ1n) is 8.22. The van der Waals surface area contributed by atoms with Crippen molar-refractivity contribution in [3.63, 3.8) is 0 Å². The van der Waals surface area contributed by atoms with Crippen molar-refractivity contribution in [1.82, 2.24) is 14.7 Å². The van der Waals surface area contributed by atoms with Crippen LogP contribution >= 0.6 is 11.3 Å². The minimum Gasteiger partial charge on any atom is -0.497 e. The Bertz CT molecular complexity index is 1010. The summed E-state index contributed by atoms with van der Waals surface area (Å²) in [5.74, 6) is 0.288. The molecule has 0 saturated carbocycles. The van der Waals surface area contributed by atoms with Crippen LogP contribution in [0.25, 0.3) is 16.2 Å². The molecule has 0 aliphatic carbocycles. The molecule has 7 heteroatoms. The Hall–Kier alpha value is -2.67. The molecule has 3 rings (SSSR count). The molecular formula is C19H21N3O3S. The van der Waals surface area contributed by atoms with Gasteiger partial charge < -0.3 is 10.1 Å². The molecule has 1 amide bonds. The summed E-state index contributed by atoms with van der Waals surface area (Å²) in [6, 6.07) is 7.43. The van der Waals surface area contributed by atoms with E-state index < -0.39 is 5.91 Å². The molecule has 1 N–H and O–H groups in total. The standard InChI is InChI=1S/C19H21N3O3S/c1-19(2,3)11-21-16(23)14-9-20-18-22(17(14)24)15(10-26-18)12-6-5-7-13(8-12)25-4/h5-10H,11H2,1-4H3,(H,21,23). The molecule has 6 nitrogen and oxygen atoms in total. The molecule has 3 aromatic rings. The molecule has 0 fully saturated rings. The summed E-state index contributed by atoms with van der Waals surface area (Å²) in [5, 5.41) is 4.66. The number of benzene rings is 1. The van der Waals surface area contributed by atoms with Gasteiger partial charge in [-0.05, 0) is 17.5 Å². The number of rotatable bonds is 4. The van der Waals surface area contributed by atoms with Crippen LogP contribution < -0.4 is 15.6 Å². The van der Waals surface area contributed by atoms with Crippen LogP contribution in [0.2, 0.25) is 0 Å². The van der Waals surface area contributed by atoms with Gasteiger partial charge in [-0.3, -0.25) is 14.0 Å². The largest absolute Gasteiger partial charge is 0.497 e. The highest BCUT2D eigenvalue weighted by Crippen LogP contribution is 2.26. The fourth-order valence-electron chi connectivity index (χ4n) is 2.47. The molecule has 0 unspecified atom stereocenters. The van der Waals surface area contributed by atoms with Gasteiger partial charge in [0.15, 0.2) is 4.96 Å². The maximum atomic E-state index is 12.9. The maximum Gasteiger partial charge on any atom is 0.271 e. The highest BCUT2D eigenvalue weighted by atomic mass is 32.1. The zero-order chi connectivity index (χ0) is 18.9. The van der Waals surface area contributed by atoms with Gasteiger partial charge in [0.2, 0.25) is 0 Å². The molecule has 0 radical (unpaired) electrons. The Morgan fingerprint density at radius 2 is 2.12 bits per heavy atom. The lowest BCUT2D eigenvalue weighted by Crippen LogP contribution is -2.36. The second-order valence-electron chi connectivity index (χ2n) is 7.19. The van der Waals surface area contributed by atoms with Crippen molar-refractivity contribution in [3.8, 4) is 17.0 Å². The van der Waals surface area contributed by atoms with Gasteiger partial charge in [-0.1, -0.05) is 32.9 Å². The lowest BCUT2D eigenvalue weighted by molar-refractivity contribution is 0.0937. The Morgan fingerprint density at radius 3 is 2.81 bits per heavy atom. The summed E-state index contributed by atoms with van der Waals surface area (Å²) in [7, 11) is 1.59. The van der Waals surface area contributed by atoms with Crippen LogP contribution in [0.4, 0.5) is 0 Å². The van der Waals surface area contributed by atoms with Crippen molar-refractivity contribution < 1.29 is 9.53 Å². The molecular weight excluding hydrogens is 350 g/mol. The van der Waals surface area contributed by atoms with E-state index in [4.69, 9.17) is 4.74 Å². The molecule has 136 valence electrons. The second-order valence-corrected chi connectivity index (χ2v) is 8.03. The fraction of sp³-hybridized carbons (Fsp3) is 0.316. The van der Waals surface area contributed by atoms with Crippen LogP contribution in [0, 0.1) is 5.41 Å². The molecule has 0 spiro atoms. The molecule has 0 aliphatic rings. The summed E-state index contributed by atoms with van der Waals surface area (Å²) in [6.45, 7) is 6.52. The molecule has 0 bridgehead atoms. The zero-order valence-corrected chi connectivity index (χ0v) is 16.0. The second kappa shape index (κ2) is 6.92. The number of nitrogens with one attached hydrogen (secondary N) is 1. The SMILES string of the molecule is COc1cccc(-c2csc3ncc(C(=O)NCC(C)(C)C)c(=O)n23)c1. The number of ether oxygens (including phenoxy) is 1. The molecule has 0 saturated heterocycles. The summed E-state index contributed by atoms with van der Waals surface area (Å²) < 4.78 is 6.73. The summed E-state index contributed by atoms with van der Waals surface area (Å²) in [6.07, 6.45) is 1.35. The lowest BCUT2D eigenvalue weighted by atomic mass is 9.97. The third kappa shape index (κ3) is 3.62. The van der Waals surface area contributed by atoms with Crippen molar-refractivity contribution in [1.29, 1.82) is 0 Å². The van der Waals surface area contributed by atoms with E-state index in [0.717, 1.165) is 5.56 Å². The predicted octanol–water partition coefficient (Wildman–Crippen LogP) is 3.21. The van der Waals surface area contributed by atoms with Crippen molar-refractivity contribution in [2.24, 2.45) is 5.41 Å². The van der Waals surface area contributed by atoms with E-state index in [1.807, 2.05) is 50.4 Å². The Balaban J connectivity index is 2.06. The van der Waals surface area contributed by atoms with Gasteiger partial charge in [-0.15, -0.1) is 11.3 Å². The maximum absolute atomic E-state index is 12.9. The predicted molar refractivity (Wildman–Crippen MR) is 103 cm³/mol. The van der Waals surface area contributed by atoms with Gasteiger partial charge in [-0.2, -0.15) is 0 Å². The number of aromatic nitrogens is 2. The van der Waals surface area contributed by atoms with E-state index >= 15 is 0 Å². The van der Waals surface area contributed by atoms with Gasteiger partial charge in [0.25, 0.3) is 11.5 Å². The fourth-order valence-corrected chi connectivity index (χ4v) is 3.33. The lowest BCUT2D eigenvalue weighted by Gasteiger charge is -2.18. The van der Waals surface area contributed by atoms with Crippen LogP contribution in [-0.4, -0.2) is 28.9 Å². The number of hydrogen-bond donors (Lipinski definition) is 1. The summed E-state index contributed by atoms with van der Waals surface area (Å²) in [4.78, 5) is 30.2. The summed E-state index contributed by atoms with van der Waals surface area (Å²) in [5.41, 5.74) is 1.10. The van der Waals surface area contributed by atoms with Gasteiger partial charge in [0, 0.05) is 23.7 Å². The average Bonchev–Trinajstić information content (AvgIpc) is 3.04. The molecule has 1 aromatic carbocycles. The van der Waals surface area contributed by atoms with E-state index in [2.05, 4.69) is 10.3 Å². The van der Waals surface area contributed by atoms with Gasteiger partial charge >= 0.3 is 0 Å². The van der Waals surface area contributed by atoms with Gasteiger partial charge in [0.05, 0.1) is 12.8 Å². The number of carbonyl (C=O) groups excluding carboxylic acids is 1. The number of hydrogen-bond acceptors (Lipinski definition) is 5. The van der Waals surface area contributed by atoms with E-state index in [1.54, 1.807) is 7.11 Å². The topological polar surface area (TPSA) is 72.7 Å². The first-order chi connectivity index (χ1) is 12.3. The van der Waals surface area contributed by atoms with Gasteiger partial charge in [0.1, 0.15) is 11.3 Å². The monoisotopic (exact) mass is 371 g/mol. The first kappa shape index (κ1) is 18.1. The Morgan fingerprint density at radius 1 is 1.35 bits per heavy atom. The van der Waals surface area contributed by atoms with Crippen LogP contribution in [0.5, 0.6) is 5.75 Å². The van der Waals surface area contributed by atoms with Crippen LogP contribution in [-0.2, 0) is 0 Å². The first-order valence-corrected chi connectivity index (χ1v) is 9.10. The van der Waals surface area contributed by atoms with E-state index in [9.17, 15) is 9.59 Å². The molecule has 0 aliphatic heterocycles. The summed E-state index contributed by atoms with van der Waals surface area (Å²) >= 11 is 1.35. The molecule has 0 atom stereocenters. The quantitative estimate of drug-likeness (QED) is 0.764. The number of nitrogens with zero attached hydrogens (tertiary/aromatic N) is 2. The Labute approximate surface area is 155 Å². The van der Waals surface area contributed by atoms with Crippen molar-refractivity contribution >= 4 is 22.2 Å². The highest BCUT2D eigenvalue weighted by molar-refractivity contribution is 7.15. The van der Waals surface area contributed by atoms with Gasteiger partial charge in [-0.25, -0.2) is 4.98 Å². The third-order valence-corrected chi connectivity index (χ3v) is 4.68. The highest BCUT2D eigenvalue weighted by Gasteiger charge is 2.19. The minimum atomic E-state index is -0.408. The number of carbonyl (C=O) groups is 1.